The molecular formula is C24H26N2O6. The van der Waals surface area contributed by atoms with E-state index in [0.29, 0.717) is 54.6 Å². The Hall–Kier alpha value is -3.68. The number of amides is 2. The molecule has 0 atom stereocenters. The van der Waals surface area contributed by atoms with Gasteiger partial charge in [0.05, 0.1) is 14.2 Å². The van der Waals surface area contributed by atoms with Gasteiger partial charge in [-0.3, -0.25) is 9.59 Å². The highest BCUT2D eigenvalue weighted by atomic mass is 16.7. The van der Waals surface area contributed by atoms with E-state index in [-0.39, 0.29) is 24.5 Å². The zero-order chi connectivity index (χ0) is 22.5. The van der Waals surface area contributed by atoms with Crippen LogP contribution in [0.25, 0.3) is 6.08 Å². The molecule has 1 N–H and O–H groups in total. The number of fused-ring (bicyclic) bond motifs is 1. The third-order valence-corrected chi connectivity index (χ3v) is 5.66. The summed E-state index contributed by atoms with van der Waals surface area (Å²) in [4.78, 5) is 27.0. The minimum atomic E-state index is -0.143. The molecule has 0 aromatic heterocycles. The third-order valence-electron chi connectivity index (χ3n) is 5.66. The maximum atomic E-state index is 12.7. The molecule has 2 aliphatic rings. The summed E-state index contributed by atoms with van der Waals surface area (Å²) in [6, 6.07) is 10.8. The second-order valence-corrected chi connectivity index (χ2v) is 7.60. The predicted octanol–water partition coefficient (Wildman–Crippen LogP) is 3.32. The Balaban J connectivity index is 1.30. The lowest BCUT2D eigenvalue weighted by atomic mass is 9.95. The number of nitrogens with zero attached hydrogens (tertiary/aromatic N) is 1. The number of nitrogens with one attached hydrogen (secondary N) is 1. The number of hydrogen-bond acceptors (Lipinski definition) is 6. The van der Waals surface area contributed by atoms with Crippen molar-refractivity contribution in [3.8, 4) is 23.0 Å². The second kappa shape index (κ2) is 9.64. The summed E-state index contributed by atoms with van der Waals surface area (Å²) in [5.41, 5.74) is 1.47. The quantitative estimate of drug-likeness (QED) is 0.697. The van der Waals surface area contributed by atoms with Crippen LogP contribution < -0.4 is 24.3 Å². The fourth-order valence-electron chi connectivity index (χ4n) is 3.80. The Morgan fingerprint density at radius 1 is 1.03 bits per heavy atom. The number of carbonyl (C=O) groups excluding carboxylic acids is 2. The first-order valence-corrected chi connectivity index (χ1v) is 10.5. The molecule has 2 aromatic rings. The van der Waals surface area contributed by atoms with Crippen LogP contribution in [-0.4, -0.2) is 50.8 Å². The van der Waals surface area contributed by atoms with Gasteiger partial charge in [-0.25, -0.2) is 0 Å². The van der Waals surface area contributed by atoms with E-state index in [9.17, 15) is 9.59 Å². The van der Waals surface area contributed by atoms with Gasteiger partial charge in [0, 0.05) is 48.5 Å². The molecule has 2 aliphatic heterocycles. The van der Waals surface area contributed by atoms with Crippen LogP contribution in [-0.2, 0) is 9.59 Å². The summed E-state index contributed by atoms with van der Waals surface area (Å²) in [5, 5.41) is 2.94. The van der Waals surface area contributed by atoms with E-state index in [1.165, 1.54) is 6.08 Å². The van der Waals surface area contributed by atoms with Gasteiger partial charge in [0.1, 0.15) is 11.5 Å². The van der Waals surface area contributed by atoms with E-state index in [1.807, 2.05) is 12.1 Å². The van der Waals surface area contributed by atoms with Crippen molar-refractivity contribution >= 4 is 23.6 Å². The summed E-state index contributed by atoms with van der Waals surface area (Å²) in [5.74, 6) is 2.35. The Kier molecular flexibility index (Phi) is 6.49. The molecule has 2 heterocycles. The van der Waals surface area contributed by atoms with Crippen LogP contribution in [0, 0.1) is 5.92 Å². The number of methoxy groups -OCH3 is 2. The van der Waals surface area contributed by atoms with E-state index in [2.05, 4.69) is 5.32 Å². The van der Waals surface area contributed by atoms with Gasteiger partial charge in [-0.15, -0.1) is 0 Å². The number of ether oxygens (including phenoxy) is 4. The van der Waals surface area contributed by atoms with Gasteiger partial charge < -0.3 is 29.2 Å². The van der Waals surface area contributed by atoms with Gasteiger partial charge in [0.25, 0.3) is 0 Å². The highest BCUT2D eigenvalue weighted by molar-refractivity contribution is 5.94. The molecule has 0 radical (unpaired) electrons. The number of carbonyl (C=O) groups is 2. The summed E-state index contributed by atoms with van der Waals surface area (Å²) < 4.78 is 21.2. The predicted molar refractivity (Wildman–Crippen MR) is 119 cm³/mol. The van der Waals surface area contributed by atoms with E-state index in [1.54, 1.807) is 49.5 Å². The lowest BCUT2D eigenvalue weighted by Crippen LogP contribution is -2.40. The third kappa shape index (κ3) is 4.80. The molecule has 0 aliphatic carbocycles. The van der Waals surface area contributed by atoms with Crippen molar-refractivity contribution in [2.45, 2.75) is 12.8 Å². The number of rotatable bonds is 6. The Bertz CT molecular complexity index is 1030. The normalized spacial score (nSPS) is 15.6. The Morgan fingerprint density at radius 3 is 2.56 bits per heavy atom. The molecular weight excluding hydrogens is 412 g/mol. The molecule has 1 saturated heterocycles. The van der Waals surface area contributed by atoms with Gasteiger partial charge in [0.15, 0.2) is 11.5 Å². The van der Waals surface area contributed by atoms with Crippen LogP contribution in [0.5, 0.6) is 23.0 Å². The van der Waals surface area contributed by atoms with Crippen molar-refractivity contribution in [2.75, 3.05) is 39.4 Å². The molecule has 2 amide bonds. The molecule has 0 saturated carbocycles. The molecule has 0 spiro atoms. The number of likely N-dealkylation sites (tertiary alicyclic amines) is 1. The van der Waals surface area contributed by atoms with Crippen molar-refractivity contribution in [3.05, 3.63) is 48.0 Å². The fourth-order valence-corrected chi connectivity index (χ4v) is 3.80. The molecule has 2 aromatic carbocycles. The molecule has 168 valence electrons. The zero-order valence-corrected chi connectivity index (χ0v) is 18.1. The van der Waals surface area contributed by atoms with Crippen LogP contribution in [0.2, 0.25) is 0 Å². The van der Waals surface area contributed by atoms with Crippen molar-refractivity contribution in [1.29, 1.82) is 0 Å². The molecule has 32 heavy (non-hydrogen) atoms. The fraction of sp³-hybridized carbons (Fsp3) is 0.333. The molecule has 4 rings (SSSR count). The first kappa shape index (κ1) is 21.5. The highest BCUT2D eigenvalue weighted by Gasteiger charge is 2.27. The Labute approximate surface area is 186 Å². The number of hydrogen-bond donors (Lipinski definition) is 1. The van der Waals surface area contributed by atoms with Crippen LogP contribution >= 0.6 is 0 Å². The summed E-state index contributed by atoms with van der Waals surface area (Å²) in [6.45, 7) is 1.25. The first-order chi connectivity index (χ1) is 15.6. The van der Waals surface area contributed by atoms with Crippen molar-refractivity contribution in [3.63, 3.8) is 0 Å². The van der Waals surface area contributed by atoms with Crippen molar-refractivity contribution in [2.24, 2.45) is 5.92 Å². The molecule has 1 fully saturated rings. The molecule has 0 bridgehead atoms. The first-order valence-electron chi connectivity index (χ1n) is 10.5. The van der Waals surface area contributed by atoms with Crippen molar-refractivity contribution < 1.29 is 28.5 Å². The van der Waals surface area contributed by atoms with E-state index in [4.69, 9.17) is 18.9 Å². The number of piperidine rings is 1. The lowest BCUT2D eigenvalue weighted by Gasteiger charge is -2.30. The van der Waals surface area contributed by atoms with E-state index >= 15 is 0 Å². The topological polar surface area (TPSA) is 86.3 Å². The van der Waals surface area contributed by atoms with Crippen LogP contribution in [0.4, 0.5) is 5.69 Å². The van der Waals surface area contributed by atoms with E-state index < -0.39 is 0 Å². The average Bonchev–Trinajstić information content (AvgIpc) is 3.30. The largest absolute Gasteiger partial charge is 0.497 e. The summed E-state index contributed by atoms with van der Waals surface area (Å²) >= 11 is 0. The minimum Gasteiger partial charge on any atom is -0.497 e. The van der Waals surface area contributed by atoms with Crippen LogP contribution in [0.1, 0.15) is 18.4 Å². The Morgan fingerprint density at radius 2 is 1.81 bits per heavy atom. The SMILES string of the molecule is COc1ccc(/C=C/C(=O)N2CCC(C(=O)Nc3ccc4c(c3)OCO4)CC2)c(OC)c1. The lowest BCUT2D eigenvalue weighted by molar-refractivity contribution is -0.130. The number of anilines is 1. The van der Waals surface area contributed by atoms with Gasteiger partial charge in [-0.2, -0.15) is 0 Å². The molecule has 8 heteroatoms. The maximum Gasteiger partial charge on any atom is 0.246 e. The smallest absolute Gasteiger partial charge is 0.246 e. The maximum absolute atomic E-state index is 12.7. The molecule has 0 unspecified atom stereocenters. The van der Waals surface area contributed by atoms with Gasteiger partial charge >= 0.3 is 0 Å². The number of benzene rings is 2. The zero-order valence-electron chi connectivity index (χ0n) is 18.1. The summed E-state index contributed by atoms with van der Waals surface area (Å²) in [6.07, 6.45) is 4.50. The second-order valence-electron chi connectivity index (χ2n) is 7.60. The van der Waals surface area contributed by atoms with Gasteiger partial charge in [-0.1, -0.05) is 0 Å². The standard InChI is InChI=1S/C24H26N2O6/c1-29-19-6-3-16(21(14-19)30-2)4-8-23(27)26-11-9-17(10-12-26)24(28)25-18-5-7-20-22(13-18)32-15-31-20/h3-8,13-14,17H,9-12,15H2,1-2H3,(H,25,28)/b8-4+. The molecule has 8 nitrogen and oxygen atoms in total. The van der Waals surface area contributed by atoms with Gasteiger partial charge in [-0.05, 0) is 43.2 Å². The highest BCUT2D eigenvalue weighted by Crippen LogP contribution is 2.34. The van der Waals surface area contributed by atoms with Gasteiger partial charge in [0.2, 0.25) is 18.6 Å². The van der Waals surface area contributed by atoms with E-state index in [0.717, 1.165) is 5.56 Å². The van der Waals surface area contributed by atoms with Crippen LogP contribution in [0.3, 0.4) is 0 Å². The average molecular weight is 438 g/mol. The monoisotopic (exact) mass is 438 g/mol. The van der Waals surface area contributed by atoms with Crippen molar-refractivity contribution in [1.82, 2.24) is 4.90 Å². The summed E-state index contributed by atoms with van der Waals surface area (Å²) in [7, 11) is 3.17. The minimum absolute atomic E-state index is 0.0468. The van der Waals surface area contributed by atoms with Crippen LogP contribution in [0.15, 0.2) is 42.5 Å².